The Morgan fingerprint density at radius 3 is 2.45 bits per heavy atom. The normalized spacial score (nSPS) is 10.4. The molecule has 0 fully saturated rings. The van der Waals surface area contributed by atoms with Gasteiger partial charge in [0, 0.05) is 6.42 Å². The van der Waals surface area contributed by atoms with Gasteiger partial charge in [-0.05, 0) is 29.5 Å². The van der Waals surface area contributed by atoms with Gasteiger partial charge in [-0.15, -0.1) is 0 Å². The number of Topliss-reactive ketones (excluding diaryl/α,β-unsaturated/α-hetero) is 1. The van der Waals surface area contributed by atoms with Crippen molar-refractivity contribution in [1.82, 2.24) is 0 Å². The summed E-state index contributed by atoms with van der Waals surface area (Å²) in [6.45, 7) is 4.24. The fraction of sp³-hybridized carbons (Fsp3) is 0.500. The number of carbonyl (C=O) groups excluding carboxylic acids is 2. The lowest BCUT2D eigenvalue weighted by molar-refractivity contribution is -0.143. The summed E-state index contributed by atoms with van der Waals surface area (Å²) in [5.74, 6) is 0.595. The van der Waals surface area contributed by atoms with E-state index in [4.69, 9.17) is 4.74 Å². The molecule has 0 aliphatic heterocycles. The second-order valence-electron chi connectivity index (χ2n) is 5.02. The number of ketones is 1. The maximum atomic E-state index is 11.7. The zero-order valence-electron chi connectivity index (χ0n) is 12.6. The number of benzene rings is 1. The van der Waals surface area contributed by atoms with Gasteiger partial charge in [-0.2, -0.15) is 0 Å². The first-order valence-electron chi connectivity index (χ1n) is 6.73. The van der Waals surface area contributed by atoms with Gasteiger partial charge in [0.05, 0.1) is 14.2 Å². The van der Waals surface area contributed by atoms with Gasteiger partial charge >= 0.3 is 5.97 Å². The largest absolute Gasteiger partial charge is 0.496 e. The van der Waals surface area contributed by atoms with E-state index in [9.17, 15) is 9.59 Å². The Labute approximate surface area is 120 Å². The molecule has 1 rings (SSSR count). The van der Waals surface area contributed by atoms with Crippen LogP contribution >= 0.6 is 0 Å². The fourth-order valence-corrected chi connectivity index (χ4v) is 1.95. The highest BCUT2D eigenvalue weighted by Gasteiger charge is 2.12. The minimum absolute atomic E-state index is 0.117. The molecular weight excluding hydrogens is 256 g/mol. The highest BCUT2D eigenvalue weighted by molar-refractivity contribution is 5.95. The first-order chi connectivity index (χ1) is 9.47. The Bertz CT molecular complexity index is 477. The Morgan fingerprint density at radius 2 is 1.90 bits per heavy atom. The SMILES string of the molecule is COC(=O)CC(=O)CCc1cc(C(C)C)ccc1OC. The Morgan fingerprint density at radius 1 is 1.20 bits per heavy atom. The van der Waals surface area contributed by atoms with E-state index in [1.54, 1.807) is 7.11 Å². The van der Waals surface area contributed by atoms with Gasteiger partial charge in [0.25, 0.3) is 0 Å². The molecular formula is C16H22O4. The molecule has 20 heavy (non-hydrogen) atoms. The molecule has 4 nitrogen and oxygen atoms in total. The standard InChI is InChI=1S/C16H22O4/c1-11(2)12-6-8-15(19-3)13(9-12)5-7-14(17)10-16(18)20-4/h6,8-9,11H,5,7,10H2,1-4H3. The molecule has 0 saturated carbocycles. The van der Waals surface area contributed by atoms with Gasteiger partial charge in [-0.25, -0.2) is 0 Å². The maximum absolute atomic E-state index is 11.7. The minimum Gasteiger partial charge on any atom is -0.496 e. The zero-order valence-corrected chi connectivity index (χ0v) is 12.6. The van der Waals surface area contributed by atoms with Crippen LogP contribution in [0.2, 0.25) is 0 Å². The average molecular weight is 278 g/mol. The summed E-state index contributed by atoms with van der Waals surface area (Å²) in [6, 6.07) is 6.02. The molecule has 0 atom stereocenters. The first kappa shape index (κ1) is 16.2. The Balaban J connectivity index is 2.73. The van der Waals surface area contributed by atoms with Crippen LogP contribution in [0.3, 0.4) is 0 Å². The summed E-state index contributed by atoms with van der Waals surface area (Å²) in [7, 11) is 2.90. The van der Waals surface area contributed by atoms with Gasteiger partial charge in [0.1, 0.15) is 18.0 Å². The van der Waals surface area contributed by atoms with Crippen LogP contribution < -0.4 is 4.74 Å². The van der Waals surface area contributed by atoms with Crippen molar-refractivity contribution in [3.8, 4) is 5.75 Å². The van der Waals surface area contributed by atoms with Gasteiger partial charge in [-0.1, -0.05) is 26.0 Å². The minimum atomic E-state index is -0.488. The van der Waals surface area contributed by atoms with Crippen LogP contribution in [0.15, 0.2) is 18.2 Å². The molecule has 0 amide bonds. The number of hydrogen-bond acceptors (Lipinski definition) is 4. The monoisotopic (exact) mass is 278 g/mol. The van der Waals surface area contributed by atoms with E-state index >= 15 is 0 Å². The highest BCUT2D eigenvalue weighted by Crippen LogP contribution is 2.25. The molecule has 0 N–H and O–H groups in total. The van der Waals surface area contributed by atoms with Crippen LogP contribution in [0.25, 0.3) is 0 Å². The average Bonchev–Trinajstić information content (AvgIpc) is 2.44. The summed E-state index contributed by atoms with van der Waals surface area (Å²) in [6.07, 6.45) is 0.718. The van der Waals surface area contributed by atoms with Crippen molar-refractivity contribution < 1.29 is 19.1 Å². The number of ether oxygens (including phenoxy) is 2. The van der Waals surface area contributed by atoms with E-state index in [0.29, 0.717) is 18.8 Å². The molecule has 1 aromatic carbocycles. The van der Waals surface area contributed by atoms with Gasteiger partial charge < -0.3 is 9.47 Å². The van der Waals surface area contributed by atoms with E-state index in [0.717, 1.165) is 11.3 Å². The molecule has 0 spiro atoms. The highest BCUT2D eigenvalue weighted by atomic mass is 16.5. The molecule has 0 aromatic heterocycles. The van der Waals surface area contributed by atoms with Crippen molar-refractivity contribution in [1.29, 1.82) is 0 Å². The van der Waals surface area contributed by atoms with Crippen molar-refractivity contribution >= 4 is 11.8 Å². The summed E-state index contributed by atoms with van der Waals surface area (Å²) in [4.78, 5) is 22.7. The van der Waals surface area contributed by atoms with Crippen molar-refractivity contribution in [2.75, 3.05) is 14.2 Å². The van der Waals surface area contributed by atoms with Crippen molar-refractivity contribution in [3.05, 3.63) is 29.3 Å². The van der Waals surface area contributed by atoms with E-state index < -0.39 is 5.97 Å². The lowest BCUT2D eigenvalue weighted by Gasteiger charge is -2.12. The quantitative estimate of drug-likeness (QED) is 0.568. The number of rotatable bonds is 7. The third-order valence-corrected chi connectivity index (χ3v) is 3.21. The first-order valence-corrected chi connectivity index (χ1v) is 6.73. The molecule has 0 unspecified atom stereocenters. The van der Waals surface area contributed by atoms with Gasteiger partial charge in [0.2, 0.25) is 0 Å². The number of aryl methyl sites for hydroxylation is 1. The summed E-state index contributed by atoms with van der Waals surface area (Å²) < 4.78 is 9.80. The lowest BCUT2D eigenvalue weighted by atomic mass is 9.97. The second-order valence-corrected chi connectivity index (χ2v) is 5.02. The predicted molar refractivity (Wildman–Crippen MR) is 77.0 cm³/mol. The van der Waals surface area contributed by atoms with Gasteiger partial charge in [0.15, 0.2) is 0 Å². The zero-order chi connectivity index (χ0) is 15.1. The third kappa shape index (κ3) is 4.68. The van der Waals surface area contributed by atoms with Crippen LogP contribution in [-0.2, 0) is 20.7 Å². The van der Waals surface area contributed by atoms with Crippen molar-refractivity contribution in [3.63, 3.8) is 0 Å². The molecule has 0 aliphatic carbocycles. The molecule has 0 radical (unpaired) electrons. The summed E-state index contributed by atoms with van der Waals surface area (Å²) >= 11 is 0. The molecule has 1 aromatic rings. The number of esters is 1. The smallest absolute Gasteiger partial charge is 0.313 e. The number of carbonyl (C=O) groups is 2. The van der Waals surface area contributed by atoms with Crippen LogP contribution in [-0.4, -0.2) is 26.0 Å². The lowest BCUT2D eigenvalue weighted by Crippen LogP contribution is -2.10. The van der Waals surface area contributed by atoms with Gasteiger partial charge in [-0.3, -0.25) is 9.59 Å². The van der Waals surface area contributed by atoms with E-state index in [1.165, 1.54) is 12.7 Å². The fourth-order valence-electron chi connectivity index (χ4n) is 1.95. The Hall–Kier alpha value is -1.84. The van der Waals surface area contributed by atoms with E-state index in [1.807, 2.05) is 12.1 Å². The summed E-state index contributed by atoms with van der Waals surface area (Å²) in [5, 5.41) is 0. The number of hydrogen-bond donors (Lipinski definition) is 0. The van der Waals surface area contributed by atoms with E-state index in [2.05, 4.69) is 24.7 Å². The maximum Gasteiger partial charge on any atom is 0.313 e. The number of methoxy groups -OCH3 is 2. The van der Waals surface area contributed by atoms with Crippen LogP contribution in [0.1, 0.15) is 43.7 Å². The molecule has 0 saturated heterocycles. The molecule has 110 valence electrons. The van der Waals surface area contributed by atoms with Crippen molar-refractivity contribution in [2.24, 2.45) is 0 Å². The van der Waals surface area contributed by atoms with Crippen LogP contribution in [0.5, 0.6) is 5.75 Å². The molecule has 4 heteroatoms. The Kier molecular flexibility index (Phi) is 6.22. The predicted octanol–water partition coefficient (Wildman–Crippen LogP) is 2.88. The van der Waals surface area contributed by atoms with Crippen LogP contribution in [0.4, 0.5) is 0 Å². The molecule has 0 aliphatic rings. The summed E-state index contributed by atoms with van der Waals surface area (Å²) in [5.41, 5.74) is 2.21. The topological polar surface area (TPSA) is 52.6 Å². The molecule has 0 bridgehead atoms. The van der Waals surface area contributed by atoms with Crippen LogP contribution in [0, 0.1) is 0 Å². The third-order valence-electron chi connectivity index (χ3n) is 3.21. The van der Waals surface area contributed by atoms with E-state index in [-0.39, 0.29) is 12.2 Å². The van der Waals surface area contributed by atoms with Crippen molar-refractivity contribution in [2.45, 2.75) is 39.0 Å². The second kappa shape index (κ2) is 7.68. The molecule has 0 heterocycles.